The molecule has 1 aromatic rings. The van der Waals surface area contributed by atoms with Crippen LogP contribution >= 0.6 is 12.4 Å². The Kier molecular flexibility index (Phi) is 6.88. The normalized spacial score (nSPS) is 23.0. The number of benzene rings is 1. The van der Waals surface area contributed by atoms with Gasteiger partial charge in [-0.25, -0.2) is 0 Å². The Morgan fingerprint density at radius 1 is 1.32 bits per heavy atom. The van der Waals surface area contributed by atoms with E-state index in [4.69, 9.17) is 4.74 Å². The number of ether oxygens (including phenoxy) is 2. The Morgan fingerprint density at radius 3 is 2.64 bits per heavy atom. The fourth-order valence-corrected chi connectivity index (χ4v) is 3.49. The smallest absolute Gasteiger partial charge is 0.387 e. The first-order chi connectivity index (χ1) is 11.5. The second-order valence-electron chi connectivity index (χ2n) is 7.24. The topological polar surface area (TPSA) is 33.7 Å². The Hall–Kier alpha value is -1.11. The van der Waals surface area contributed by atoms with Crippen molar-refractivity contribution in [2.45, 2.75) is 45.4 Å². The molecule has 1 saturated carbocycles. The predicted molar refractivity (Wildman–Crippen MR) is 95.9 cm³/mol. The molecule has 142 valence electrons. The summed E-state index contributed by atoms with van der Waals surface area (Å²) in [6, 6.07) is 5.88. The van der Waals surface area contributed by atoms with Crippen LogP contribution in [0.15, 0.2) is 18.2 Å². The lowest BCUT2D eigenvalue weighted by molar-refractivity contribution is -0.0512. The number of hydrogen-bond acceptors (Lipinski definition) is 4. The van der Waals surface area contributed by atoms with Gasteiger partial charge in [-0.1, -0.05) is 13.0 Å². The summed E-state index contributed by atoms with van der Waals surface area (Å²) in [6.07, 6.45) is 3.68. The van der Waals surface area contributed by atoms with Gasteiger partial charge in [0.25, 0.3) is 0 Å². The quantitative estimate of drug-likeness (QED) is 0.750. The van der Waals surface area contributed by atoms with Crippen molar-refractivity contribution in [3.8, 4) is 11.5 Å². The van der Waals surface area contributed by atoms with Crippen LogP contribution in [0.3, 0.4) is 0 Å². The van der Waals surface area contributed by atoms with Gasteiger partial charge >= 0.3 is 6.61 Å². The molecule has 3 rings (SSSR count). The van der Waals surface area contributed by atoms with Gasteiger partial charge in [-0.15, -0.1) is 12.4 Å². The molecule has 1 heterocycles. The summed E-state index contributed by atoms with van der Waals surface area (Å²) in [5.41, 5.74) is 1.38. The van der Waals surface area contributed by atoms with E-state index in [2.05, 4.69) is 21.9 Å². The molecule has 1 atom stereocenters. The lowest BCUT2D eigenvalue weighted by Gasteiger charge is -2.32. The van der Waals surface area contributed by atoms with Gasteiger partial charge in [0.1, 0.15) is 0 Å². The van der Waals surface area contributed by atoms with E-state index >= 15 is 0 Å². The van der Waals surface area contributed by atoms with E-state index in [0.29, 0.717) is 17.2 Å². The lowest BCUT2D eigenvalue weighted by atomic mass is 9.89. The highest BCUT2D eigenvalue weighted by atomic mass is 35.5. The van der Waals surface area contributed by atoms with Crippen LogP contribution in [0.2, 0.25) is 0 Å². The second-order valence-corrected chi connectivity index (χ2v) is 7.24. The minimum atomic E-state index is -2.84. The molecule has 1 aromatic carbocycles. The summed E-state index contributed by atoms with van der Waals surface area (Å²) in [7, 11) is 1.47. The van der Waals surface area contributed by atoms with Crippen molar-refractivity contribution in [1.29, 1.82) is 0 Å². The highest BCUT2D eigenvalue weighted by molar-refractivity contribution is 5.85. The van der Waals surface area contributed by atoms with E-state index in [0.717, 1.165) is 31.7 Å². The van der Waals surface area contributed by atoms with E-state index in [-0.39, 0.29) is 18.2 Å². The maximum absolute atomic E-state index is 12.4. The van der Waals surface area contributed by atoms with Crippen LogP contribution in [-0.2, 0) is 6.54 Å². The number of halogens is 3. The molecular formula is C18H27ClF2N2O2. The monoisotopic (exact) mass is 376 g/mol. The van der Waals surface area contributed by atoms with Crippen molar-refractivity contribution in [3.05, 3.63) is 23.8 Å². The van der Waals surface area contributed by atoms with Crippen LogP contribution in [0.25, 0.3) is 0 Å². The predicted octanol–water partition coefficient (Wildman–Crippen LogP) is 3.68. The van der Waals surface area contributed by atoms with Gasteiger partial charge in [-0.2, -0.15) is 8.78 Å². The molecule has 2 fully saturated rings. The Labute approximate surface area is 154 Å². The molecule has 7 heteroatoms. The first-order valence-electron chi connectivity index (χ1n) is 8.56. The van der Waals surface area contributed by atoms with Gasteiger partial charge in [0, 0.05) is 25.7 Å². The number of methoxy groups -OCH3 is 1. The minimum absolute atomic E-state index is 0. The van der Waals surface area contributed by atoms with Crippen LogP contribution in [0.4, 0.5) is 8.78 Å². The molecule has 0 amide bonds. The molecule has 2 aliphatic rings. The van der Waals surface area contributed by atoms with E-state index in [1.54, 1.807) is 6.07 Å². The van der Waals surface area contributed by atoms with Crippen LogP contribution in [0, 0.1) is 5.41 Å². The lowest BCUT2D eigenvalue weighted by Crippen LogP contribution is -2.38. The van der Waals surface area contributed by atoms with Crippen LogP contribution in [0.1, 0.15) is 31.7 Å². The molecule has 0 spiro atoms. The summed E-state index contributed by atoms with van der Waals surface area (Å²) >= 11 is 0. The van der Waals surface area contributed by atoms with Gasteiger partial charge in [0.2, 0.25) is 0 Å². The molecule has 1 unspecified atom stereocenters. The zero-order chi connectivity index (χ0) is 17.2. The van der Waals surface area contributed by atoms with Gasteiger partial charge in [0.15, 0.2) is 11.5 Å². The van der Waals surface area contributed by atoms with Crippen LogP contribution < -0.4 is 14.8 Å². The van der Waals surface area contributed by atoms with Crippen LogP contribution in [-0.4, -0.2) is 44.3 Å². The van der Waals surface area contributed by atoms with Gasteiger partial charge < -0.3 is 14.8 Å². The number of hydrogen-bond donors (Lipinski definition) is 1. The van der Waals surface area contributed by atoms with Crippen molar-refractivity contribution < 1.29 is 18.3 Å². The molecule has 25 heavy (non-hydrogen) atoms. The van der Waals surface area contributed by atoms with Crippen molar-refractivity contribution in [2.75, 3.05) is 26.7 Å². The zero-order valence-electron chi connectivity index (χ0n) is 14.8. The Balaban J connectivity index is 0.00000225. The van der Waals surface area contributed by atoms with Crippen LogP contribution in [0.5, 0.6) is 11.5 Å². The molecule has 1 aliphatic heterocycles. The summed E-state index contributed by atoms with van der Waals surface area (Å²) in [5.74, 6) is 0.443. The summed E-state index contributed by atoms with van der Waals surface area (Å²) in [5, 5.41) is 3.45. The highest BCUT2D eigenvalue weighted by Crippen LogP contribution is 2.35. The average molecular weight is 377 g/mol. The average Bonchev–Trinajstić information content (AvgIpc) is 3.30. The van der Waals surface area contributed by atoms with Crippen molar-refractivity contribution in [3.63, 3.8) is 0 Å². The molecule has 0 aromatic heterocycles. The molecule has 1 saturated heterocycles. The first kappa shape index (κ1) is 20.2. The summed E-state index contributed by atoms with van der Waals surface area (Å²) in [6.45, 7) is 3.50. The van der Waals surface area contributed by atoms with E-state index in [1.165, 1.54) is 26.4 Å². The Morgan fingerprint density at radius 2 is 2.08 bits per heavy atom. The zero-order valence-corrected chi connectivity index (χ0v) is 15.6. The number of alkyl halides is 2. The fraction of sp³-hybridized carbons (Fsp3) is 0.667. The van der Waals surface area contributed by atoms with E-state index in [9.17, 15) is 8.78 Å². The molecule has 0 bridgehead atoms. The van der Waals surface area contributed by atoms with Crippen molar-refractivity contribution in [1.82, 2.24) is 10.2 Å². The standard InChI is InChI=1S/C18H26F2N2O2.ClH/c1-18(7-8-21-11-18)12-22(14-4-5-14)10-13-3-6-15(24-17(19)20)16(9-13)23-2;/h3,6,9,14,17,21H,4-5,7-8,10-12H2,1-2H3;1H. The molecule has 0 radical (unpaired) electrons. The van der Waals surface area contributed by atoms with Crippen molar-refractivity contribution >= 4 is 12.4 Å². The molecule has 4 nitrogen and oxygen atoms in total. The Bertz CT molecular complexity index is 564. The third-order valence-electron chi connectivity index (χ3n) is 4.93. The maximum Gasteiger partial charge on any atom is 0.387 e. The van der Waals surface area contributed by atoms with Gasteiger partial charge in [-0.3, -0.25) is 4.90 Å². The highest BCUT2D eigenvalue weighted by Gasteiger charge is 2.36. The number of nitrogens with one attached hydrogen (secondary N) is 1. The van der Waals surface area contributed by atoms with Gasteiger partial charge in [-0.05, 0) is 48.9 Å². The summed E-state index contributed by atoms with van der Waals surface area (Å²) < 4.78 is 34.6. The molecule has 1 aliphatic carbocycles. The van der Waals surface area contributed by atoms with Crippen molar-refractivity contribution in [2.24, 2.45) is 5.41 Å². The van der Waals surface area contributed by atoms with E-state index in [1.807, 2.05) is 12.1 Å². The van der Waals surface area contributed by atoms with Gasteiger partial charge in [0.05, 0.1) is 7.11 Å². The number of nitrogens with zero attached hydrogens (tertiary/aromatic N) is 1. The summed E-state index contributed by atoms with van der Waals surface area (Å²) in [4.78, 5) is 2.52. The minimum Gasteiger partial charge on any atom is -0.493 e. The third kappa shape index (κ3) is 5.43. The maximum atomic E-state index is 12.4. The second kappa shape index (κ2) is 8.52. The fourth-order valence-electron chi connectivity index (χ4n) is 3.49. The first-order valence-corrected chi connectivity index (χ1v) is 8.56. The SMILES string of the molecule is COc1cc(CN(CC2(C)CCNC2)C2CC2)ccc1OC(F)F.Cl. The third-order valence-corrected chi connectivity index (χ3v) is 4.93. The molecule has 1 N–H and O–H groups in total. The van der Waals surface area contributed by atoms with E-state index < -0.39 is 6.61 Å². The number of rotatable bonds is 8. The largest absolute Gasteiger partial charge is 0.493 e. The molecular weight excluding hydrogens is 350 g/mol.